The number of fused-ring (bicyclic) bond motifs is 1. The predicted octanol–water partition coefficient (Wildman–Crippen LogP) is 4.74. The molecule has 2 aromatic heterocycles. The Morgan fingerprint density at radius 3 is 2.74 bits per heavy atom. The molecule has 27 heavy (non-hydrogen) atoms. The van der Waals surface area contributed by atoms with Crippen LogP contribution in [-0.2, 0) is 6.54 Å². The van der Waals surface area contributed by atoms with Crippen molar-refractivity contribution < 1.29 is 4.79 Å². The minimum absolute atomic E-state index is 0.162. The van der Waals surface area contributed by atoms with E-state index in [9.17, 15) is 4.79 Å². The van der Waals surface area contributed by atoms with Gasteiger partial charge in [-0.25, -0.2) is 0 Å². The zero-order chi connectivity index (χ0) is 18.8. The van der Waals surface area contributed by atoms with E-state index in [1.165, 1.54) is 0 Å². The van der Waals surface area contributed by atoms with Crippen LogP contribution in [0.2, 0.25) is 5.02 Å². The summed E-state index contributed by atoms with van der Waals surface area (Å²) in [6.45, 7) is 0.448. The van der Waals surface area contributed by atoms with E-state index < -0.39 is 0 Å². The Balaban J connectivity index is 1.56. The zero-order valence-electron chi connectivity index (χ0n) is 14.1. The Hall–Kier alpha value is -2.70. The smallest absolute Gasteiger partial charge is 0.251 e. The molecule has 0 bridgehead atoms. The third-order valence-electron chi connectivity index (χ3n) is 4.10. The van der Waals surface area contributed by atoms with Crippen molar-refractivity contribution >= 4 is 39.1 Å². The highest BCUT2D eigenvalue weighted by atomic mass is 79.9. The van der Waals surface area contributed by atoms with Gasteiger partial charge in [0.15, 0.2) is 11.5 Å². The number of hydrogen-bond donors (Lipinski definition) is 1. The van der Waals surface area contributed by atoms with Crippen LogP contribution >= 0.6 is 27.5 Å². The molecule has 4 rings (SSSR count). The van der Waals surface area contributed by atoms with E-state index in [1.807, 2.05) is 52.9 Å². The Kier molecular flexibility index (Phi) is 4.92. The molecule has 0 aliphatic carbocycles. The number of carbonyl (C=O) groups is 1. The van der Waals surface area contributed by atoms with E-state index >= 15 is 0 Å². The van der Waals surface area contributed by atoms with E-state index in [-0.39, 0.29) is 5.91 Å². The van der Waals surface area contributed by atoms with Crippen molar-refractivity contribution in [3.05, 3.63) is 87.5 Å². The van der Waals surface area contributed by atoms with Crippen LogP contribution in [0.1, 0.15) is 15.9 Å². The average molecular weight is 442 g/mol. The molecule has 0 atom stereocenters. The molecule has 0 aliphatic heterocycles. The fraction of sp³-hybridized carbons (Fsp3) is 0.0500. The highest BCUT2D eigenvalue weighted by Gasteiger charge is 2.12. The Morgan fingerprint density at radius 1 is 1.07 bits per heavy atom. The third kappa shape index (κ3) is 3.86. The van der Waals surface area contributed by atoms with Crippen molar-refractivity contribution in [2.45, 2.75) is 6.54 Å². The van der Waals surface area contributed by atoms with Crippen LogP contribution in [0.3, 0.4) is 0 Å². The van der Waals surface area contributed by atoms with Gasteiger partial charge in [0.1, 0.15) is 0 Å². The molecule has 0 saturated heterocycles. The quantitative estimate of drug-likeness (QED) is 0.497. The lowest BCUT2D eigenvalue weighted by Gasteiger charge is -2.07. The second-order valence-electron chi connectivity index (χ2n) is 5.99. The number of carbonyl (C=O) groups excluding carboxylic acids is 1. The summed E-state index contributed by atoms with van der Waals surface area (Å²) >= 11 is 9.49. The normalized spacial score (nSPS) is 10.9. The fourth-order valence-corrected chi connectivity index (χ4v) is 3.42. The number of rotatable bonds is 4. The molecule has 1 N–H and O–H groups in total. The van der Waals surface area contributed by atoms with E-state index in [4.69, 9.17) is 11.6 Å². The number of amides is 1. The molecule has 0 fully saturated rings. The molecule has 0 saturated carbocycles. The number of aromatic nitrogens is 3. The summed E-state index contributed by atoms with van der Waals surface area (Å²) in [5.74, 6) is 0.512. The van der Waals surface area contributed by atoms with Gasteiger partial charge in [0.05, 0.1) is 0 Å². The van der Waals surface area contributed by atoms with Crippen molar-refractivity contribution in [3.8, 4) is 11.4 Å². The number of nitrogens with one attached hydrogen (secondary N) is 1. The topological polar surface area (TPSA) is 59.3 Å². The molecular formula is C20H14BrClN4O. The molecule has 0 radical (unpaired) electrons. The van der Waals surface area contributed by atoms with Crippen molar-refractivity contribution in [1.82, 2.24) is 19.9 Å². The Bertz CT molecular complexity index is 1140. The Morgan fingerprint density at radius 2 is 1.93 bits per heavy atom. The van der Waals surface area contributed by atoms with E-state index in [0.29, 0.717) is 28.6 Å². The largest absolute Gasteiger partial charge is 0.348 e. The molecule has 7 heteroatoms. The molecule has 4 aromatic rings. The van der Waals surface area contributed by atoms with Crippen LogP contribution in [0.25, 0.3) is 17.0 Å². The van der Waals surface area contributed by atoms with Gasteiger partial charge in [-0.15, -0.1) is 10.2 Å². The van der Waals surface area contributed by atoms with Crippen molar-refractivity contribution in [2.75, 3.05) is 0 Å². The van der Waals surface area contributed by atoms with Gasteiger partial charge in [-0.2, -0.15) is 0 Å². The van der Waals surface area contributed by atoms with Crippen molar-refractivity contribution in [1.29, 1.82) is 0 Å². The molecule has 134 valence electrons. The van der Waals surface area contributed by atoms with Gasteiger partial charge in [-0.05, 0) is 42.0 Å². The fourth-order valence-electron chi connectivity index (χ4n) is 2.79. The lowest BCUT2D eigenvalue weighted by Crippen LogP contribution is -2.22. The van der Waals surface area contributed by atoms with Crippen LogP contribution in [0, 0.1) is 0 Å². The molecule has 1 amide bonds. The SMILES string of the molecule is O=C(NCc1cccc(Br)c1)c1ccn2c(-c3cccc(Cl)c3)nnc2c1. The molecule has 0 spiro atoms. The van der Waals surface area contributed by atoms with Crippen molar-refractivity contribution in [3.63, 3.8) is 0 Å². The molecule has 0 unspecified atom stereocenters. The van der Waals surface area contributed by atoms with Gasteiger partial charge in [-0.1, -0.05) is 51.8 Å². The minimum atomic E-state index is -0.162. The van der Waals surface area contributed by atoms with Gasteiger partial charge in [0.2, 0.25) is 0 Å². The first-order valence-corrected chi connectivity index (χ1v) is 9.40. The van der Waals surface area contributed by atoms with Gasteiger partial charge < -0.3 is 5.32 Å². The maximum absolute atomic E-state index is 12.5. The molecule has 2 heterocycles. The summed E-state index contributed by atoms with van der Waals surface area (Å²) in [6, 6.07) is 18.7. The standard InChI is InChI=1S/C20H14BrClN4O/c21-16-5-1-3-13(9-16)12-23-20(27)15-7-8-26-18(11-15)24-25-19(26)14-4-2-6-17(22)10-14/h1-11H,12H2,(H,23,27). The molecule has 5 nitrogen and oxygen atoms in total. The summed E-state index contributed by atoms with van der Waals surface area (Å²) < 4.78 is 2.81. The summed E-state index contributed by atoms with van der Waals surface area (Å²) in [6.07, 6.45) is 1.79. The summed E-state index contributed by atoms with van der Waals surface area (Å²) in [4.78, 5) is 12.5. The zero-order valence-corrected chi connectivity index (χ0v) is 16.4. The summed E-state index contributed by atoms with van der Waals surface area (Å²) in [7, 11) is 0. The van der Waals surface area contributed by atoms with Crippen LogP contribution in [0.5, 0.6) is 0 Å². The van der Waals surface area contributed by atoms with Crippen LogP contribution in [0.15, 0.2) is 71.3 Å². The number of hydrogen-bond acceptors (Lipinski definition) is 3. The average Bonchev–Trinajstić information content (AvgIpc) is 3.09. The lowest BCUT2D eigenvalue weighted by atomic mass is 10.2. The van der Waals surface area contributed by atoms with Gasteiger partial charge >= 0.3 is 0 Å². The molecular weight excluding hydrogens is 428 g/mol. The lowest BCUT2D eigenvalue weighted by molar-refractivity contribution is 0.0951. The predicted molar refractivity (Wildman–Crippen MR) is 109 cm³/mol. The summed E-state index contributed by atoms with van der Waals surface area (Å²) in [5.41, 5.74) is 3.01. The van der Waals surface area contributed by atoms with E-state index in [0.717, 1.165) is 15.6 Å². The number of halogens is 2. The van der Waals surface area contributed by atoms with Gasteiger partial charge in [0, 0.05) is 33.4 Å². The molecule has 2 aromatic carbocycles. The third-order valence-corrected chi connectivity index (χ3v) is 4.83. The maximum atomic E-state index is 12.5. The number of pyridine rings is 1. The number of benzene rings is 2. The Labute approximate surface area is 169 Å². The monoisotopic (exact) mass is 440 g/mol. The number of nitrogens with zero attached hydrogens (tertiary/aromatic N) is 3. The van der Waals surface area contributed by atoms with Gasteiger partial charge in [-0.3, -0.25) is 9.20 Å². The first-order chi connectivity index (χ1) is 13.1. The van der Waals surface area contributed by atoms with E-state index in [1.54, 1.807) is 18.3 Å². The minimum Gasteiger partial charge on any atom is -0.348 e. The highest BCUT2D eigenvalue weighted by Crippen LogP contribution is 2.22. The van der Waals surface area contributed by atoms with Crippen LogP contribution in [0.4, 0.5) is 0 Å². The van der Waals surface area contributed by atoms with Crippen LogP contribution < -0.4 is 5.32 Å². The van der Waals surface area contributed by atoms with Gasteiger partial charge in [0.25, 0.3) is 5.91 Å². The van der Waals surface area contributed by atoms with Crippen LogP contribution in [-0.4, -0.2) is 20.5 Å². The second-order valence-corrected chi connectivity index (χ2v) is 7.34. The summed E-state index contributed by atoms with van der Waals surface area (Å²) in [5, 5.41) is 12.0. The maximum Gasteiger partial charge on any atom is 0.251 e. The first kappa shape index (κ1) is 17.7. The second kappa shape index (κ2) is 7.50. The highest BCUT2D eigenvalue weighted by molar-refractivity contribution is 9.10. The van der Waals surface area contributed by atoms with E-state index in [2.05, 4.69) is 31.4 Å². The first-order valence-electron chi connectivity index (χ1n) is 8.23. The van der Waals surface area contributed by atoms with Crippen molar-refractivity contribution in [2.24, 2.45) is 0 Å². The molecule has 0 aliphatic rings.